The molecule has 0 aliphatic carbocycles. The summed E-state index contributed by atoms with van der Waals surface area (Å²) in [5.41, 5.74) is 4.95. The van der Waals surface area contributed by atoms with Crippen LogP contribution in [0.1, 0.15) is 21.6 Å². The Kier molecular flexibility index (Phi) is 3.94. The molecule has 18 heavy (non-hydrogen) atoms. The van der Waals surface area contributed by atoms with E-state index in [0.717, 1.165) is 29.9 Å². The number of nitrogens with one attached hydrogen (secondary N) is 1. The largest absolute Gasteiger partial charge is 0.478 e. The molecule has 0 saturated heterocycles. The van der Waals surface area contributed by atoms with E-state index in [-0.39, 0.29) is 0 Å². The first-order valence-corrected chi connectivity index (χ1v) is 6.56. The van der Waals surface area contributed by atoms with Gasteiger partial charge in [-0.2, -0.15) is 0 Å². The van der Waals surface area contributed by atoms with E-state index in [1.54, 1.807) is 30.4 Å². The molecule has 0 radical (unpaired) electrons. The third-order valence-corrected chi connectivity index (χ3v) is 3.29. The molecule has 2 aromatic rings. The average molecular weight is 262 g/mol. The highest BCUT2D eigenvalue weighted by atomic mass is 32.1. The van der Waals surface area contributed by atoms with Gasteiger partial charge in [-0.25, -0.2) is 9.78 Å². The van der Waals surface area contributed by atoms with Gasteiger partial charge < -0.3 is 10.4 Å². The zero-order valence-corrected chi connectivity index (χ0v) is 10.8. The molecule has 2 N–H and O–H groups in total. The van der Waals surface area contributed by atoms with E-state index in [1.165, 1.54) is 0 Å². The van der Waals surface area contributed by atoms with Gasteiger partial charge in [-0.15, -0.1) is 11.3 Å². The van der Waals surface area contributed by atoms with Crippen LogP contribution in [0.2, 0.25) is 0 Å². The molecule has 0 saturated carbocycles. The van der Waals surface area contributed by atoms with Crippen LogP contribution in [0.5, 0.6) is 0 Å². The van der Waals surface area contributed by atoms with Crippen molar-refractivity contribution in [2.45, 2.75) is 13.3 Å². The monoisotopic (exact) mass is 262 g/mol. The Labute approximate surface area is 109 Å². The summed E-state index contributed by atoms with van der Waals surface area (Å²) in [6.45, 7) is 2.59. The van der Waals surface area contributed by atoms with Gasteiger partial charge in [-0.3, -0.25) is 0 Å². The molecule has 94 valence electrons. The lowest BCUT2D eigenvalue weighted by atomic mass is 10.1. The lowest BCUT2D eigenvalue weighted by Crippen LogP contribution is -2.06. The van der Waals surface area contributed by atoms with Gasteiger partial charge in [0.25, 0.3) is 0 Å². The van der Waals surface area contributed by atoms with E-state index in [2.05, 4.69) is 10.3 Å². The van der Waals surface area contributed by atoms with Crippen LogP contribution in [-0.4, -0.2) is 22.6 Å². The zero-order chi connectivity index (χ0) is 13.0. The van der Waals surface area contributed by atoms with Crippen molar-refractivity contribution in [1.82, 2.24) is 4.98 Å². The number of aryl methyl sites for hydroxylation is 1. The molecule has 0 atom stereocenters. The summed E-state index contributed by atoms with van der Waals surface area (Å²) in [5, 5.41) is 14.2. The molecule has 0 unspecified atom stereocenters. The van der Waals surface area contributed by atoms with E-state index in [4.69, 9.17) is 5.11 Å². The predicted octanol–water partition coefficient (Wildman–Crippen LogP) is 2.80. The van der Waals surface area contributed by atoms with E-state index < -0.39 is 5.97 Å². The number of thiazole rings is 1. The number of carbonyl (C=O) groups is 1. The minimum atomic E-state index is -0.887. The van der Waals surface area contributed by atoms with Crippen LogP contribution in [-0.2, 0) is 6.42 Å². The molecule has 0 aliphatic heterocycles. The van der Waals surface area contributed by atoms with Crippen molar-refractivity contribution in [3.8, 4) is 0 Å². The van der Waals surface area contributed by atoms with E-state index >= 15 is 0 Å². The van der Waals surface area contributed by atoms with Crippen LogP contribution in [0.25, 0.3) is 0 Å². The number of benzene rings is 1. The van der Waals surface area contributed by atoms with Gasteiger partial charge in [0.05, 0.1) is 16.8 Å². The van der Waals surface area contributed by atoms with Crippen molar-refractivity contribution >= 4 is 23.0 Å². The summed E-state index contributed by atoms with van der Waals surface area (Å²) in [4.78, 5) is 15.1. The second kappa shape index (κ2) is 5.64. The first kappa shape index (κ1) is 12.6. The molecule has 5 heteroatoms. The van der Waals surface area contributed by atoms with Crippen molar-refractivity contribution in [3.05, 3.63) is 45.9 Å². The molecule has 0 amide bonds. The minimum absolute atomic E-state index is 0.347. The molecular weight excluding hydrogens is 248 g/mol. The van der Waals surface area contributed by atoms with Crippen LogP contribution in [0.3, 0.4) is 0 Å². The lowest BCUT2D eigenvalue weighted by Gasteiger charge is -2.08. The summed E-state index contributed by atoms with van der Waals surface area (Å²) in [6, 6.07) is 5.27. The molecule has 1 heterocycles. The Morgan fingerprint density at radius 2 is 2.33 bits per heavy atom. The topological polar surface area (TPSA) is 62.2 Å². The first-order chi connectivity index (χ1) is 8.66. The summed E-state index contributed by atoms with van der Waals surface area (Å²) < 4.78 is 0. The van der Waals surface area contributed by atoms with Gasteiger partial charge in [0.1, 0.15) is 0 Å². The normalized spacial score (nSPS) is 10.3. The highest BCUT2D eigenvalue weighted by Gasteiger charge is 2.06. The zero-order valence-electron chi connectivity index (χ0n) is 10.0. The molecule has 2 rings (SSSR count). The van der Waals surface area contributed by atoms with Crippen LogP contribution < -0.4 is 5.32 Å². The third kappa shape index (κ3) is 3.07. The number of hydrogen-bond acceptors (Lipinski definition) is 4. The van der Waals surface area contributed by atoms with Gasteiger partial charge in [-0.1, -0.05) is 0 Å². The van der Waals surface area contributed by atoms with Crippen molar-refractivity contribution < 1.29 is 9.90 Å². The Morgan fingerprint density at radius 1 is 1.50 bits per heavy atom. The fourth-order valence-corrected chi connectivity index (χ4v) is 2.30. The highest BCUT2D eigenvalue weighted by Crippen LogP contribution is 2.15. The van der Waals surface area contributed by atoms with Gasteiger partial charge in [0.15, 0.2) is 0 Å². The number of carboxylic acids is 1. The maximum absolute atomic E-state index is 10.9. The fourth-order valence-electron chi connectivity index (χ4n) is 1.71. The average Bonchev–Trinajstić information content (AvgIpc) is 2.81. The van der Waals surface area contributed by atoms with Crippen molar-refractivity contribution in [2.24, 2.45) is 0 Å². The molecule has 1 aromatic heterocycles. The minimum Gasteiger partial charge on any atom is -0.478 e. The van der Waals surface area contributed by atoms with E-state index in [9.17, 15) is 4.79 Å². The Bertz CT molecular complexity index is 538. The molecule has 4 nitrogen and oxygen atoms in total. The smallest absolute Gasteiger partial charge is 0.335 e. The van der Waals surface area contributed by atoms with Gasteiger partial charge >= 0.3 is 5.97 Å². The van der Waals surface area contributed by atoms with Crippen molar-refractivity contribution in [1.29, 1.82) is 0 Å². The maximum atomic E-state index is 10.9. The van der Waals surface area contributed by atoms with Crippen molar-refractivity contribution in [2.75, 3.05) is 11.9 Å². The number of anilines is 1. The van der Waals surface area contributed by atoms with E-state index in [1.807, 2.05) is 17.0 Å². The number of aromatic carboxylic acids is 1. The number of nitrogens with zero attached hydrogens (tertiary/aromatic N) is 1. The quantitative estimate of drug-likeness (QED) is 0.869. The summed E-state index contributed by atoms with van der Waals surface area (Å²) in [7, 11) is 0. The summed E-state index contributed by atoms with van der Waals surface area (Å²) in [5.74, 6) is -0.887. The Morgan fingerprint density at radius 3 is 2.94 bits per heavy atom. The summed E-state index contributed by atoms with van der Waals surface area (Å²) in [6.07, 6.45) is 0.864. The van der Waals surface area contributed by atoms with Crippen LogP contribution in [0, 0.1) is 6.92 Å². The number of rotatable bonds is 5. The Hall–Kier alpha value is -1.88. The van der Waals surface area contributed by atoms with Gasteiger partial charge in [0, 0.05) is 24.0 Å². The molecule has 0 spiro atoms. The molecule has 0 fully saturated rings. The lowest BCUT2D eigenvalue weighted by molar-refractivity contribution is 0.0696. The van der Waals surface area contributed by atoms with Crippen LogP contribution in [0.15, 0.2) is 29.1 Å². The standard InChI is InChI=1S/C13H14N2O2S/c1-9-6-10(2-3-12(9)13(16)17)14-5-4-11-7-18-8-15-11/h2-3,6-8,14H,4-5H2,1H3,(H,16,17). The molecule has 1 aromatic carbocycles. The van der Waals surface area contributed by atoms with Crippen LogP contribution >= 0.6 is 11.3 Å². The van der Waals surface area contributed by atoms with Crippen molar-refractivity contribution in [3.63, 3.8) is 0 Å². The Balaban J connectivity index is 1.94. The second-order valence-electron chi connectivity index (χ2n) is 3.99. The summed E-state index contributed by atoms with van der Waals surface area (Å²) >= 11 is 1.59. The number of aromatic nitrogens is 1. The fraction of sp³-hybridized carbons (Fsp3) is 0.231. The predicted molar refractivity (Wildman–Crippen MR) is 72.4 cm³/mol. The van der Waals surface area contributed by atoms with Gasteiger partial charge in [-0.05, 0) is 30.7 Å². The first-order valence-electron chi connectivity index (χ1n) is 5.61. The number of carboxylic acid groups (broad SMARTS) is 1. The van der Waals surface area contributed by atoms with Crippen LogP contribution in [0.4, 0.5) is 5.69 Å². The molecular formula is C13H14N2O2S. The second-order valence-corrected chi connectivity index (χ2v) is 4.71. The molecule has 0 bridgehead atoms. The number of hydrogen-bond donors (Lipinski definition) is 2. The van der Waals surface area contributed by atoms with Gasteiger partial charge in [0.2, 0.25) is 0 Å². The third-order valence-electron chi connectivity index (χ3n) is 2.65. The SMILES string of the molecule is Cc1cc(NCCc2cscn2)ccc1C(=O)O. The molecule has 0 aliphatic rings. The van der Waals surface area contributed by atoms with E-state index in [0.29, 0.717) is 5.56 Å². The highest BCUT2D eigenvalue weighted by molar-refractivity contribution is 7.07. The maximum Gasteiger partial charge on any atom is 0.335 e.